The molecule has 0 saturated heterocycles. The second-order valence-electron chi connectivity index (χ2n) is 3.30. The lowest BCUT2D eigenvalue weighted by Gasteiger charge is -2.01. The van der Waals surface area contributed by atoms with E-state index < -0.39 is 0 Å². The van der Waals surface area contributed by atoms with Crippen LogP contribution in [0.5, 0.6) is 0 Å². The van der Waals surface area contributed by atoms with Crippen molar-refractivity contribution in [3.63, 3.8) is 0 Å². The van der Waals surface area contributed by atoms with Gasteiger partial charge in [0.1, 0.15) is 5.82 Å². The monoisotopic (exact) mass is 233 g/mol. The van der Waals surface area contributed by atoms with Crippen LogP contribution in [0, 0.1) is 6.92 Å². The van der Waals surface area contributed by atoms with Gasteiger partial charge in [-0.25, -0.2) is 9.97 Å². The van der Waals surface area contributed by atoms with Gasteiger partial charge in [-0.3, -0.25) is 4.79 Å². The average molecular weight is 233 g/mol. The van der Waals surface area contributed by atoms with Gasteiger partial charge < -0.3 is 5.32 Å². The molecule has 5 heteroatoms. The molecule has 2 heterocycles. The van der Waals surface area contributed by atoms with Crippen LogP contribution in [0.3, 0.4) is 0 Å². The zero-order chi connectivity index (χ0) is 11.4. The van der Waals surface area contributed by atoms with Crippen molar-refractivity contribution in [1.29, 1.82) is 0 Å². The van der Waals surface area contributed by atoms with Gasteiger partial charge in [-0.05, 0) is 19.1 Å². The number of pyridine rings is 1. The zero-order valence-corrected chi connectivity index (χ0v) is 9.62. The molecular weight excluding hydrogens is 222 g/mol. The van der Waals surface area contributed by atoms with E-state index in [9.17, 15) is 4.79 Å². The molecule has 1 N–H and O–H groups in total. The van der Waals surface area contributed by atoms with E-state index in [1.807, 2.05) is 18.4 Å². The summed E-state index contributed by atoms with van der Waals surface area (Å²) in [5.41, 5.74) is 0.802. The maximum Gasteiger partial charge on any atom is 0.231 e. The topological polar surface area (TPSA) is 54.9 Å². The van der Waals surface area contributed by atoms with Gasteiger partial charge in [0.2, 0.25) is 5.91 Å². The Morgan fingerprint density at radius 3 is 3.00 bits per heavy atom. The summed E-state index contributed by atoms with van der Waals surface area (Å²) in [7, 11) is 0. The van der Waals surface area contributed by atoms with Crippen molar-refractivity contribution >= 4 is 23.1 Å². The van der Waals surface area contributed by atoms with E-state index in [2.05, 4.69) is 15.3 Å². The quantitative estimate of drug-likeness (QED) is 0.882. The number of thiazole rings is 1. The second-order valence-corrected chi connectivity index (χ2v) is 4.36. The van der Waals surface area contributed by atoms with Crippen LogP contribution in [0.4, 0.5) is 5.82 Å². The molecule has 82 valence electrons. The minimum atomic E-state index is -0.0935. The van der Waals surface area contributed by atoms with Gasteiger partial charge in [-0.1, -0.05) is 6.07 Å². The third kappa shape index (κ3) is 2.87. The molecule has 0 aromatic carbocycles. The summed E-state index contributed by atoms with van der Waals surface area (Å²) >= 11 is 1.55. The smallest absolute Gasteiger partial charge is 0.231 e. The molecule has 0 radical (unpaired) electrons. The first-order chi connectivity index (χ1) is 7.74. The van der Waals surface area contributed by atoms with Crippen molar-refractivity contribution < 1.29 is 4.79 Å². The van der Waals surface area contributed by atoms with E-state index >= 15 is 0 Å². The van der Waals surface area contributed by atoms with Crippen LogP contribution in [0.15, 0.2) is 29.8 Å². The summed E-state index contributed by atoms with van der Waals surface area (Å²) in [5, 5.41) is 5.58. The summed E-state index contributed by atoms with van der Waals surface area (Å²) < 4.78 is 0. The van der Waals surface area contributed by atoms with Crippen molar-refractivity contribution in [3.8, 4) is 0 Å². The van der Waals surface area contributed by atoms with E-state index in [0.29, 0.717) is 12.2 Å². The summed E-state index contributed by atoms with van der Waals surface area (Å²) in [6, 6.07) is 5.39. The molecule has 4 nitrogen and oxygen atoms in total. The highest BCUT2D eigenvalue weighted by Crippen LogP contribution is 2.09. The number of aryl methyl sites for hydroxylation is 1. The van der Waals surface area contributed by atoms with Crippen molar-refractivity contribution in [2.24, 2.45) is 0 Å². The van der Waals surface area contributed by atoms with Crippen LogP contribution in [0.1, 0.15) is 10.7 Å². The molecule has 2 aromatic heterocycles. The van der Waals surface area contributed by atoms with E-state index in [1.165, 1.54) is 0 Å². The van der Waals surface area contributed by atoms with Gasteiger partial charge in [-0.2, -0.15) is 0 Å². The molecule has 0 aliphatic rings. The van der Waals surface area contributed by atoms with Crippen LogP contribution in [0.25, 0.3) is 0 Å². The number of aromatic nitrogens is 2. The molecule has 0 saturated carbocycles. The van der Waals surface area contributed by atoms with Crippen LogP contribution < -0.4 is 5.32 Å². The number of nitrogens with one attached hydrogen (secondary N) is 1. The number of nitrogens with zero attached hydrogens (tertiary/aromatic N) is 2. The third-order valence-corrected chi connectivity index (χ3v) is 2.76. The molecule has 2 aromatic rings. The maximum absolute atomic E-state index is 11.6. The number of amides is 1. The molecule has 2 rings (SSSR count). The fourth-order valence-electron chi connectivity index (χ4n) is 1.28. The van der Waals surface area contributed by atoms with Gasteiger partial charge in [0.05, 0.1) is 17.1 Å². The van der Waals surface area contributed by atoms with Crippen LogP contribution >= 0.6 is 11.3 Å². The lowest BCUT2D eigenvalue weighted by atomic mass is 10.3. The standard InChI is InChI=1S/C11H11N3OS/c1-8-13-9(7-16-8)6-11(15)14-10-4-2-3-5-12-10/h2-5,7H,6H2,1H3,(H,12,14,15). The molecule has 0 aliphatic carbocycles. The number of hydrogen-bond donors (Lipinski definition) is 1. The average Bonchev–Trinajstić information content (AvgIpc) is 2.65. The molecule has 0 bridgehead atoms. The molecule has 0 atom stereocenters. The minimum Gasteiger partial charge on any atom is -0.310 e. The molecule has 0 aliphatic heterocycles. The summed E-state index contributed by atoms with van der Waals surface area (Å²) in [4.78, 5) is 19.8. The van der Waals surface area contributed by atoms with Crippen LogP contribution in [-0.2, 0) is 11.2 Å². The minimum absolute atomic E-state index is 0.0935. The molecule has 0 spiro atoms. The molecule has 1 amide bonds. The first-order valence-corrected chi connectivity index (χ1v) is 5.74. The first-order valence-electron chi connectivity index (χ1n) is 4.86. The number of carbonyl (C=O) groups excluding carboxylic acids is 1. The Hall–Kier alpha value is -1.75. The van der Waals surface area contributed by atoms with Gasteiger partial charge >= 0.3 is 0 Å². The zero-order valence-electron chi connectivity index (χ0n) is 8.80. The third-order valence-electron chi connectivity index (χ3n) is 1.94. The van der Waals surface area contributed by atoms with Crippen molar-refractivity contribution in [1.82, 2.24) is 9.97 Å². The predicted molar refractivity (Wildman–Crippen MR) is 63.4 cm³/mol. The van der Waals surface area contributed by atoms with Gasteiger partial charge in [0, 0.05) is 11.6 Å². The number of anilines is 1. The van der Waals surface area contributed by atoms with Crippen molar-refractivity contribution in [2.75, 3.05) is 5.32 Å². The summed E-state index contributed by atoms with van der Waals surface area (Å²) in [6.07, 6.45) is 1.93. The molecule has 0 fully saturated rings. The Morgan fingerprint density at radius 2 is 2.38 bits per heavy atom. The number of rotatable bonds is 3. The fraction of sp³-hybridized carbons (Fsp3) is 0.182. The second kappa shape index (κ2) is 4.85. The number of carbonyl (C=O) groups is 1. The highest BCUT2D eigenvalue weighted by atomic mass is 32.1. The largest absolute Gasteiger partial charge is 0.310 e. The van der Waals surface area contributed by atoms with Crippen molar-refractivity contribution in [2.45, 2.75) is 13.3 Å². The van der Waals surface area contributed by atoms with Gasteiger partial charge in [0.25, 0.3) is 0 Å². The Labute approximate surface area is 97.4 Å². The Morgan fingerprint density at radius 1 is 1.50 bits per heavy atom. The van der Waals surface area contributed by atoms with E-state index in [4.69, 9.17) is 0 Å². The Kier molecular flexibility index (Phi) is 3.26. The lowest BCUT2D eigenvalue weighted by molar-refractivity contribution is -0.115. The summed E-state index contributed by atoms with van der Waals surface area (Å²) in [6.45, 7) is 1.92. The van der Waals surface area contributed by atoms with Gasteiger partial charge in [-0.15, -0.1) is 11.3 Å². The highest BCUT2D eigenvalue weighted by molar-refractivity contribution is 7.09. The van der Waals surface area contributed by atoms with Gasteiger partial charge in [0.15, 0.2) is 0 Å². The Bertz CT molecular complexity index is 481. The lowest BCUT2D eigenvalue weighted by Crippen LogP contribution is -2.15. The Balaban J connectivity index is 1.95. The SMILES string of the molecule is Cc1nc(CC(=O)Nc2ccccn2)cs1. The predicted octanol–water partition coefficient (Wildman–Crippen LogP) is 2.03. The van der Waals surface area contributed by atoms with Crippen molar-refractivity contribution in [3.05, 3.63) is 40.5 Å². The molecular formula is C11H11N3OS. The highest BCUT2D eigenvalue weighted by Gasteiger charge is 2.06. The van der Waals surface area contributed by atoms with Crippen LogP contribution in [-0.4, -0.2) is 15.9 Å². The van der Waals surface area contributed by atoms with E-state index in [0.717, 1.165) is 10.7 Å². The normalized spacial score (nSPS) is 10.1. The van der Waals surface area contributed by atoms with Crippen LogP contribution in [0.2, 0.25) is 0 Å². The molecule has 16 heavy (non-hydrogen) atoms. The fourth-order valence-corrected chi connectivity index (χ4v) is 1.89. The number of hydrogen-bond acceptors (Lipinski definition) is 4. The van der Waals surface area contributed by atoms with E-state index in [-0.39, 0.29) is 5.91 Å². The molecule has 0 unspecified atom stereocenters. The summed E-state index contributed by atoms with van der Waals surface area (Å²) in [5.74, 6) is 0.475. The van der Waals surface area contributed by atoms with E-state index in [1.54, 1.807) is 29.7 Å². The first kappa shape index (κ1) is 10.8. The maximum atomic E-state index is 11.6.